The molecule has 296 valence electrons. The number of methoxy groups -OCH3 is 1. The van der Waals surface area contributed by atoms with Gasteiger partial charge >= 0.3 is 6.09 Å². The number of likely N-dealkylation sites (tertiary alicyclic amines) is 2. The minimum absolute atomic E-state index is 0.123. The predicted octanol–water partition coefficient (Wildman–Crippen LogP) is 6.40. The van der Waals surface area contributed by atoms with Crippen LogP contribution in [0, 0.1) is 5.92 Å². The fourth-order valence-electron chi connectivity index (χ4n) is 8.21. The van der Waals surface area contributed by atoms with Crippen molar-refractivity contribution in [2.24, 2.45) is 5.92 Å². The lowest BCUT2D eigenvalue weighted by Crippen LogP contribution is -2.53. The molecule has 3 aliphatic rings. The first-order valence-electron chi connectivity index (χ1n) is 19.4. The van der Waals surface area contributed by atoms with Crippen molar-refractivity contribution in [3.63, 3.8) is 0 Å². The van der Waals surface area contributed by atoms with Crippen molar-refractivity contribution in [1.29, 1.82) is 0 Å². The standard InChI is InChI=1S/C42H51N7O7/c1-24(2)34(47-39(51)53-6)38(50)49-23-42(54-18-19-55-42)21-33(49)36-43-22-31(45-36)26-11-9-25(10-12-26)27-13-15-29-28(20-27)14-16-30-35(29)46-37(44-30)32-8-7-17-48(32)40(52)56-41(3,4)5/h9-16,20,22,24,32-34,39,47,51H,7-8,17-19,21,23H2,1-6H3,(H,43,45)(H,44,46)/t32-,33-,34-,39?/m0/s1. The van der Waals surface area contributed by atoms with Gasteiger partial charge in [0.2, 0.25) is 12.3 Å². The van der Waals surface area contributed by atoms with Gasteiger partial charge in [-0.1, -0.05) is 56.3 Å². The third kappa shape index (κ3) is 7.39. The number of hydrogen-bond donors (Lipinski definition) is 4. The van der Waals surface area contributed by atoms with Gasteiger partial charge in [-0.25, -0.2) is 14.8 Å². The topological polar surface area (TPSA) is 167 Å². The van der Waals surface area contributed by atoms with Gasteiger partial charge in [0.1, 0.15) is 17.2 Å². The normalized spacial score (nSPS) is 20.9. The molecule has 3 aliphatic heterocycles. The van der Waals surface area contributed by atoms with Gasteiger partial charge in [-0.05, 0) is 73.7 Å². The number of nitrogens with zero attached hydrogens (tertiary/aromatic N) is 4. The Bertz CT molecular complexity index is 2220. The number of nitrogens with one attached hydrogen (secondary N) is 3. The lowest BCUT2D eigenvalue weighted by Gasteiger charge is -2.31. The molecule has 5 aromatic rings. The zero-order valence-corrected chi connectivity index (χ0v) is 32.8. The van der Waals surface area contributed by atoms with E-state index in [0.717, 1.165) is 62.9 Å². The maximum atomic E-state index is 14.0. The number of fused-ring (bicyclic) bond motifs is 3. The van der Waals surface area contributed by atoms with Crippen LogP contribution >= 0.6 is 0 Å². The number of imidazole rings is 2. The van der Waals surface area contributed by atoms with Gasteiger partial charge in [-0.15, -0.1) is 0 Å². The molecule has 2 aromatic heterocycles. The number of carbonyl (C=O) groups excluding carboxylic acids is 2. The zero-order chi connectivity index (χ0) is 39.4. The van der Waals surface area contributed by atoms with Crippen LogP contribution in [0.1, 0.15) is 77.6 Å². The fourth-order valence-corrected chi connectivity index (χ4v) is 8.21. The molecule has 0 saturated carbocycles. The summed E-state index contributed by atoms with van der Waals surface area (Å²) >= 11 is 0. The van der Waals surface area contributed by atoms with E-state index in [4.69, 9.17) is 28.9 Å². The molecule has 14 nitrogen and oxygen atoms in total. The van der Waals surface area contributed by atoms with E-state index in [0.29, 0.717) is 32.0 Å². The third-order valence-electron chi connectivity index (χ3n) is 11.0. The van der Waals surface area contributed by atoms with Crippen LogP contribution in [0.2, 0.25) is 0 Å². The highest BCUT2D eigenvalue weighted by atomic mass is 16.7. The van der Waals surface area contributed by atoms with Crippen LogP contribution in [-0.4, -0.2) is 104 Å². The molecule has 0 radical (unpaired) electrons. The summed E-state index contributed by atoms with van der Waals surface area (Å²) in [7, 11) is 1.38. The molecular weight excluding hydrogens is 715 g/mol. The minimum atomic E-state index is -1.28. The van der Waals surface area contributed by atoms with Crippen LogP contribution < -0.4 is 5.32 Å². The lowest BCUT2D eigenvalue weighted by molar-refractivity contribution is -0.157. The molecule has 4 atom stereocenters. The van der Waals surface area contributed by atoms with E-state index < -0.39 is 29.9 Å². The molecule has 5 heterocycles. The molecule has 3 aromatic carbocycles. The molecule has 4 N–H and O–H groups in total. The van der Waals surface area contributed by atoms with Gasteiger partial charge in [-0.3, -0.25) is 15.0 Å². The summed E-state index contributed by atoms with van der Waals surface area (Å²) < 4.78 is 22.8. The van der Waals surface area contributed by atoms with Crippen molar-refractivity contribution in [3.05, 3.63) is 72.4 Å². The Morgan fingerprint density at radius 3 is 2.41 bits per heavy atom. The number of ether oxygens (including phenoxy) is 4. The van der Waals surface area contributed by atoms with Crippen LogP contribution in [0.15, 0.2) is 60.8 Å². The molecule has 1 unspecified atom stereocenters. The Hall–Kier alpha value is -4.86. The number of rotatable bonds is 9. The van der Waals surface area contributed by atoms with E-state index in [1.807, 2.05) is 34.6 Å². The summed E-state index contributed by atoms with van der Waals surface area (Å²) in [5.74, 6) is 0.198. The Morgan fingerprint density at radius 2 is 1.70 bits per heavy atom. The summed E-state index contributed by atoms with van der Waals surface area (Å²) in [6.45, 7) is 11.3. The number of amides is 2. The number of hydrogen-bond acceptors (Lipinski definition) is 10. The number of carbonyl (C=O) groups is 2. The number of benzene rings is 3. The van der Waals surface area contributed by atoms with Gasteiger partial charge in [0.05, 0.1) is 60.8 Å². The van der Waals surface area contributed by atoms with E-state index in [-0.39, 0.29) is 30.5 Å². The first-order valence-corrected chi connectivity index (χ1v) is 19.4. The Morgan fingerprint density at radius 1 is 0.964 bits per heavy atom. The third-order valence-corrected chi connectivity index (χ3v) is 11.0. The second kappa shape index (κ2) is 14.9. The van der Waals surface area contributed by atoms with Crippen LogP contribution in [0.3, 0.4) is 0 Å². The smallest absolute Gasteiger partial charge is 0.410 e. The Labute approximate surface area is 325 Å². The maximum absolute atomic E-state index is 14.0. The number of aromatic nitrogens is 4. The summed E-state index contributed by atoms with van der Waals surface area (Å²) in [5.41, 5.74) is 5.17. The second-order valence-electron chi connectivity index (χ2n) is 16.4. The second-order valence-corrected chi connectivity index (χ2v) is 16.4. The highest BCUT2D eigenvalue weighted by Gasteiger charge is 2.52. The quantitative estimate of drug-likeness (QED) is 0.123. The molecular formula is C42H51N7O7. The van der Waals surface area contributed by atoms with Crippen LogP contribution in [0.25, 0.3) is 44.2 Å². The van der Waals surface area contributed by atoms with Crippen molar-refractivity contribution >= 4 is 33.8 Å². The molecule has 3 saturated heterocycles. The van der Waals surface area contributed by atoms with Gasteiger partial charge in [-0.2, -0.15) is 0 Å². The molecule has 0 bridgehead atoms. The van der Waals surface area contributed by atoms with Crippen LogP contribution in [0.4, 0.5) is 4.79 Å². The highest BCUT2D eigenvalue weighted by molar-refractivity contribution is 6.05. The summed E-state index contributed by atoms with van der Waals surface area (Å²) in [6.07, 6.45) is 2.36. The van der Waals surface area contributed by atoms with Crippen molar-refractivity contribution in [2.75, 3.05) is 33.4 Å². The molecule has 2 amide bonds. The fraction of sp³-hybridized carbons (Fsp3) is 0.476. The maximum Gasteiger partial charge on any atom is 0.410 e. The minimum Gasteiger partial charge on any atom is -0.444 e. The summed E-state index contributed by atoms with van der Waals surface area (Å²) in [4.78, 5) is 47.2. The average Bonchev–Trinajstić information content (AvgIpc) is 4.03. The lowest BCUT2D eigenvalue weighted by atomic mass is 9.99. The Kier molecular flexibility index (Phi) is 10.1. The van der Waals surface area contributed by atoms with E-state index in [2.05, 4.69) is 69.9 Å². The van der Waals surface area contributed by atoms with Gasteiger partial charge < -0.3 is 38.9 Å². The van der Waals surface area contributed by atoms with E-state index >= 15 is 0 Å². The first-order chi connectivity index (χ1) is 26.8. The summed E-state index contributed by atoms with van der Waals surface area (Å²) in [5, 5.41) is 15.2. The number of H-pyrrole nitrogens is 2. The van der Waals surface area contributed by atoms with Crippen molar-refractivity contribution in [2.45, 2.75) is 89.8 Å². The monoisotopic (exact) mass is 765 g/mol. The molecule has 8 rings (SSSR count). The van der Waals surface area contributed by atoms with Crippen LogP contribution in [-0.2, 0) is 23.7 Å². The average molecular weight is 766 g/mol. The highest BCUT2D eigenvalue weighted by Crippen LogP contribution is 2.43. The first kappa shape index (κ1) is 38.0. The van der Waals surface area contributed by atoms with Gasteiger partial charge in [0.25, 0.3) is 0 Å². The SMILES string of the molecule is COC(O)N[C@H](C(=O)N1CC2(C[C@H]1c1ncc(-c3ccc(-c4ccc5c(ccc6[nH]c([C@@H]7CCCN7C(=O)OC(C)(C)C)nc65)c4)cc3)[nH]1)OCCO2)C(C)C. The van der Waals surface area contributed by atoms with Gasteiger partial charge in [0.15, 0.2) is 5.79 Å². The number of aliphatic hydroxyl groups is 1. The number of aromatic amines is 2. The molecule has 3 fully saturated rings. The van der Waals surface area contributed by atoms with E-state index in [1.54, 1.807) is 16.0 Å². The summed E-state index contributed by atoms with van der Waals surface area (Å²) in [6, 6.07) is 17.6. The number of aliphatic hydroxyl groups excluding tert-OH is 1. The van der Waals surface area contributed by atoms with Crippen molar-refractivity contribution in [3.8, 4) is 22.4 Å². The Balaban J connectivity index is 1.01. The predicted molar refractivity (Wildman–Crippen MR) is 210 cm³/mol. The van der Waals surface area contributed by atoms with Crippen molar-refractivity contribution in [1.82, 2.24) is 35.1 Å². The molecule has 14 heteroatoms. The van der Waals surface area contributed by atoms with Crippen LogP contribution in [0.5, 0.6) is 0 Å². The van der Waals surface area contributed by atoms with E-state index in [9.17, 15) is 14.7 Å². The zero-order valence-electron chi connectivity index (χ0n) is 32.8. The van der Waals surface area contributed by atoms with E-state index in [1.165, 1.54) is 7.11 Å². The molecule has 56 heavy (non-hydrogen) atoms. The van der Waals surface area contributed by atoms with Crippen molar-refractivity contribution < 1.29 is 33.6 Å². The molecule has 0 aliphatic carbocycles. The largest absolute Gasteiger partial charge is 0.444 e. The van der Waals surface area contributed by atoms with Gasteiger partial charge in [0, 0.05) is 25.5 Å². The molecule has 1 spiro atoms.